The fourth-order valence-corrected chi connectivity index (χ4v) is 5.71. The van der Waals surface area contributed by atoms with Crippen LogP contribution in [0.25, 0.3) is 22.3 Å². The number of aryl methyl sites for hydroxylation is 1. The van der Waals surface area contributed by atoms with Gasteiger partial charge in [-0.2, -0.15) is 13.2 Å². The molecule has 2 heterocycles. The molecule has 2 aliphatic rings. The monoisotopic (exact) mass is 524 g/mol. The second-order valence-electron chi connectivity index (χ2n) is 9.87. The van der Waals surface area contributed by atoms with Crippen molar-refractivity contribution in [2.75, 3.05) is 20.7 Å². The van der Waals surface area contributed by atoms with Gasteiger partial charge in [0.15, 0.2) is 0 Å². The van der Waals surface area contributed by atoms with Gasteiger partial charge in [-0.15, -0.1) is 0 Å². The van der Waals surface area contributed by atoms with Crippen LogP contribution in [0, 0.1) is 6.92 Å². The van der Waals surface area contributed by atoms with Crippen molar-refractivity contribution in [2.45, 2.75) is 38.0 Å². The summed E-state index contributed by atoms with van der Waals surface area (Å²) < 4.78 is 47.0. The minimum absolute atomic E-state index is 0.0384. The summed E-state index contributed by atoms with van der Waals surface area (Å²) >= 11 is 0. The van der Waals surface area contributed by atoms with Crippen molar-refractivity contribution in [1.29, 1.82) is 0 Å². The Bertz CT molecular complexity index is 1440. The maximum Gasteiger partial charge on any atom is 0.416 e. The summed E-state index contributed by atoms with van der Waals surface area (Å²) in [5, 5.41) is 9.32. The van der Waals surface area contributed by atoms with E-state index in [-0.39, 0.29) is 17.6 Å². The lowest BCUT2D eigenvalue weighted by Crippen LogP contribution is -2.32. The van der Waals surface area contributed by atoms with Crippen LogP contribution < -0.4 is 4.74 Å². The number of carboxylic acids is 1. The molecule has 2 atom stereocenters. The van der Waals surface area contributed by atoms with E-state index in [2.05, 4.69) is 0 Å². The van der Waals surface area contributed by atoms with Crippen molar-refractivity contribution in [1.82, 2.24) is 9.80 Å². The lowest BCUT2D eigenvalue weighted by molar-refractivity contribution is -0.137. The molecule has 2 saturated heterocycles. The number of hydrogen-bond donors (Lipinski definition) is 1. The molecule has 2 aliphatic heterocycles. The van der Waals surface area contributed by atoms with Crippen LogP contribution in [0.4, 0.5) is 18.0 Å². The van der Waals surface area contributed by atoms with Crippen LogP contribution >= 0.6 is 0 Å². The van der Waals surface area contributed by atoms with Gasteiger partial charge in [0, 0.05) is 19.2 Å². The van der Waals surface area contributed by atoms with Crippen molar-refractivity contribution in [2.24, 2.45) is 0 Å². The van der Waals surface area contributed by atoms with Gasteiger partial charge in [0.2, 0.25) is 0 Å². The van der Waals surface area contributed by atoms with E-state index in [1.54, 1.807) is 35.0 Å². The smallest absolute Gasteiger partial charge is 0.416 e. The molecule has 5 rings (SSSR count). The molecular weight excluding hydrogens is 497 g/mol. The number of fused-ring (bicyclic) bond motifs is 1. The first kappa shape index (κ1) is 25.6. The van der Waals surface area contributed by atoms with E-state index in [0.29, 0.717) is 41.8 Å². The van der Waals surface area contributed by atoms with Gasteiger partial charge >= 0.3 is 18.2 Å². The van der Waals surface area contributed by atoms with Gasteiger partial charge in [-0.3, -0.25) is 0 Å². The molecule has 0 unspecified atom stereocenters. The molecule has 9 heteroatoms. The van der Waals surface area contributed by atoms with Gasteiger partial charge < -0.3 is 19.6 Å². The molecule has 3 aromatic carbocycles. The highest BCUT2D eigenvalue weighted by molar-refractivity contribution is 5.89. The third-order valence-corrected chi connectivity index (χ3v) is 7.55. The number of aromatic carboxylic acids is 1. The molecule has 0 saturated carbocycles. The van der Waals surface area contributed by atoms with E-state index in [1.165, 1.54) is 19.2 Å². The van der Waals surface area contributed by atoms with Crippen LogP contribution in [0.3, 0.4) is 0 Å². The van der Waals surface area contributed by atoms with Crippen LogP contribution in [0.15, 0.2) is 54.6 Å². The van der Waals surface area contributed by atoms with Crippen molar-refractivity contribution < 1.29 is 32.6 Å². The first-order valence-electron chi connectivity index (χ1n) is 12.3. The minimum Gasteiger partial charge on any atom is -0.496 e. The molecule has 1 N–H and O–H groups in total. The number of carbonyl (C=O) groups is 2. The minimum atomic E-state index is -4.54. The lowest BCUT2D eigenvalue weighted by Gasteiger charge is -2.27. The Kier molecular flexibility index (Phi) is 6.33. The number of benzene rings is 3. The maximum atomic E-state index is 13.8. The molecule has 38 heavy (non-hydrogen) atoms. The second-order valence-corrected chi connectivity index (χ2v) is 9.87. The molecule has 2 fully saturated rings. The number of urea groups is 1. The number of rotatable bonds is 5. The molecule has 0 aromatic heterocycles. The SMILES string of the molecule is COc1ccc(-c2ccc(C(=O)O)cc2C)cc1-c1ccc(C(F)(F)F)cc1[C@@H]1CC[C@H]2CN(C)C(=O)N21. The quantitative estimate of drug-likeness (QED) is 0.407. The Morgan fingerprint density at radius 2 is 1.74 bits per heavy atom. The molecule has 0 bridgehead atoms. The predicted molar refractivity (Wildman–Crippen MR) is 136 cm³/mol. The topological polar surface area (TPSA) is 70.1 Å². The lowest BCUT2D eigenvalue weighted by atomic mass is 9.89. The van der Waals surface area contributed by atoms with Crippen LogP contribution in [-0.2, 0) is 6.18 Å². The van der Waals surface area contributed by atoms with Gasteiger partial charge in [0.1, 0.15) is 5.75 Å². The Morgan fingerprint density at radius 1 is 1.00 bits per heavy atom. The zero-order valence-electron chi connectivity index (χ0n) is 21.2. The standard InChI is InChI=1S/C29H27F3N2O4/c1-16-12-18(27(35)36)4-8-21(16)17-5-11-26(38-3)24(13-17)22-9-6-19(29(30,31)32)14-23(22)25-10-7-20-15-33(2)28(37)34(20)25/h4-6,8-9,11-14,20,25H,7,10,15H2,1-3H3,(H,35,36)/t20-,25-/m0/s1. The van der Waals surface area contributed by atoms with Gasteiger partial charge in [0.25, 0.3) is 0 Å². The number of ether oxygens (including phenoxy) is 1. The first-order chi connectivity index (χ1) is 18.0. The average Bonchev–Trinajstić information content (AvgIpc) is 3.41. The number of methoxy groups -OCH3 is 1. The van der Waals surface area contributed by atoms with Crippen molar-refractivity contribution >= 4 is 12.0 Å². The molecule has 0 spiro atoms. The van der Waals surface area contributed by atoms with E-state index in [9.17, 15) is 27.9 Å². The summed E-state index contributed by atoms with van der Waals surface area (Å²) in [5.41, 5.74) is 3.30. The zero-order chi connectivity index (χ0) is 27.4. The fraction of sp³-hybridized carbons (Fsp3) is 0.310. The highest BCUT2D eigenvalue weighted by atomic mass is 19.4. The van der Waals surface area contributed by atoms with Gasteiger partial charge in [-0.05, 0) is 84.0 Å². The van der Waals surface area contributed by atoms with Gasteiger partial charge in [-0.25, -0.2) is 9.59 Å². The molecule has 198 valence electrons. The highest BCUT2D eigenvalue weighted by Crippen LogP contribution is 2.47. The van der Waals surface area contributed by atoms with E-state index in [1.807, 2.05) is 19.1 Å². The fourth-order valence-electron chi connectivity index (χ4n) is 5.71. The number of amides is 2. The number of nitrogens with zero attached hydrogens (tertiary/aromatic N) is 2. The number of hydrogen-bond acceptors (Lipinski definition) is 3. The molecular formula is C29H27F3N2O4. The number of likely N-dealkylation sites (N-methyl/N-ethyl adjacent to an activating group) is 1. The summed E-state index contributed by atoms with van der Waals surface area (Å²) in [7, 11) is 3.20. The predicted octanol–water partition coefficient (Wildman–Crippen LogP) is 6.63. The Morgan fingerprint density at radius 3 is 2.39 bits per heavy atom. The number of carbonyl (C=O) groups excluding carboxylic acids is 1. The largest absolute Gasteiger partial charge is 0.496 e. The Labute approximate surface area is 218 Å². The van der Waals surface area contributed by atoms with Crippen LogP contribution in [0.1, 0.15) is 45.9 Å². The third kappa shape index (κ3) is 4.36. The van der Waals surface area contributed by atoms with Crippen molar-refractivity contribution in [3.63, 3.8) is 0 Å². The van der Waals surface area contributed by atoms with E-state index in [4.69, 9.17) is 4.74 Å². The summed E-state index contributed by atoms with van der Waals surface area (Å²) in [6.45, 7) is 2.36. The number of halogens is 3. The normalized spacial score (nSPS) is 19.2. The first-order valence-corrected chi connectivity index (χ1v) is 12.3. The molecule has 0 radical (unpaired) electrons. The molecule has 2 amide bonds. The van der Waals surface area contributed by atoms with Gasteiger partial charge in [0.05, 0.1) is 30.3 Å². The summed E-state index contributed by atoms with van der Waals surface area (Å²) in [4.78, 5) is 27.6. The van der Waals surface area contributed by atoms with Crippen molar-refractivity contribution in [3.8, 4) is 28.0 Å². The molecule has 0 aliphatic carbocycles. The Balaban J connectivity index is 1.68. The maximum absolute atomic E-state index is 13.8. The highest BCUT2D eigenvalue weighted by Gasteiger charge is 2.46. The van der Waals surface area contributed by atoms with E-state index in [0.717, 1.165) is 28.8 Å². The average molecular weight is 525 g/mol. The summed E-state index contributed by atoms with van der Waals surface area (Å²) in [6.07, 6.45) is -3.26. The third-order valence-electron chi connectivity index (χ3n) is 7.55. The summed E-state index contributed by atoms with van der Waals surface area (Å²) in [6, 6.07) is 13.2. The van der Waals surface area contributed by atoms with E-state index < -0.39 is 23.8 Å². The van der Waals surface area contributed by atoms with Crippen LogP contribution in [0.2, 0.25) is 0 Å². The van der Waals surface area contributed by atoms with Crippen LogP contribution in [-0.4, -0.2) is 53.7 Å². The van der Waals surface area contributed by atoms with Crippen molar-refractivity contribution in [3.05, 3.63) is 76.9 Å². The second kappa shape index (κ2) is 9.38. The zero-order valence-corrected chi connectivity index (χ0v) is 21.2. The summed E-state index contributed by atoms with van der Waals surface area (Å²) in [5.74, 6) is -0.546. The number of carboxylic acid groups (broad SMARTS) is 1. The number of alkyl halides is 3. The van der Waals surface area contributed by atoms with Crippen LogP contribution in [0.5, 0.6) is 5.75 Å². The molecule has 3 aromatic rings. The van der Waals surface area contributed by atoms with Gasteiger partial charge in [-0.1, -0.05) is 18.2 Å². The molecule has 6 nitrogen and oxygen atoms in total. The van der Waals surface area contributed by atoms with E-state index >= 15 is 0 Å². The Hall–Kier alpha value is -4.01.